The number of benzene rings is 1. The highest BCUT2D eigenvalue weighted by atomic mass is 32.2. The number of hydrogen-bond donors (Lipinski definition) is 1. The van der Waals surface area contributed by atoms with Crippen LogP contribution in [0.5, 0.6) is 0 Å². The third kappa shape index (κ3) is 4.28. The zero-order valence-corrected chi connectivity index (χ0v) is 13.8. The van der Waals surface area contributed by atoms with Crippen LogP contribution in [0, 0.1) is 0 Å². The quantitative estimate of drug-likeness (QED) is 0.874. The maximum atomic E-state index is 12.7. The molecule has 0 radical (unpaired) electrons. The van der Waals surface area contributed by atoms with E-state index in [0.29, 0.717) is 13.0 Å². The molecule has 2 unspecified atom stereocenters. The second-order valence-corrected chi connectivity index (χ2v) is 7.74. The summed E-state index contributed by atoms with van der Waals surface area (Å²) >= 11 is 0. The largest absolute Gasteiger partial charge is 0.311 e. The minimum Gasteiger partial charge on any atom is -0.311 e. The Kier molecular flexibility index (Phi) is 5.79. The summed E-state index contributed by atoms with van der Waals surface area (Å²) in [6.07, 6.45) is 2.40. The van der Waals surface area contributed by atoms with Gasteiger partial charge < -0.3 is 5.32 Å². The Labute approximate surface area is 128 Å². The molecular formula is C16H26N2O2S. The van der Waals surface area contributed by atoms with Gasteiger partial charge in [-0.25, -0.2) is 8.42 Å². The molecule has 0 bridgehead atoms. The molecule has 1 N–H and O–H groups in total. The van der Waals surface area contributed by atoms with Gasteiger partial charge in [0.25, 0.3) is 0 Å². The van der Waals surface area contributed by atoms with E-state index in [-0.39, 0.29) is 17.8 Å². The van der Waals surface area contributed by atoms with Crippen LogP contribution in [0.25, 0.3) is 0 Å². The van der Waals surface area contributed by atoms with Gasteiger partial charge in [0.05, 0.1) is 5.75 Å². The van der Waals surface area contributed by atoms with Gasteiger partial charge in [-0.3, -0.25) is 0 Å². The maximum Gasteiger partial charge on any atom is 0.214 e. The second kappa shape index (κ2) is 7.38. The van der Waals surface area contributed by atoms with E-state index in [4.69, 9.17) is 0 Å². The van der Waals surface area contributed by atoms with Gasteiger partial charge in [-0.1, -0.05) is 44.2 Å². The molecule has 21 heavy (non-hydrogen) atoms. The molecule has 1 saturated heterocycles. The molecule has 1 aliphatic heterocycles. The minimum absolute atomic E-state index is 0.0913. The number of nitrogens with zero attached hydrogens (tertiary/aromatic N) is 1. The third-order valence-electron chi connectivity index (χ3n) is 4.26. The summed E-state index contributed by atoms with van der Waals surface area (Å²) < 4.78 is 27.1. The molecule has 0 spiro atoms. The van der Waals surface area contributed by atoms with Crippen molar-refractivity contribution in [2.45, 2.75) is 45.2 Å². The molecule has 0 amide bonds. The number of aryl methyl sites for hydroxylation is 1. The van der Waals surface area contributed by atoms with Crippen molar-refractivity contribution in [1.82, 2.24) is 9.62 Å². The lowest BCUT2D eigenvalue weighted by Gasteiger charge is -2.39. The molecule has 1 aromatic rings. The standard InChI is InChI=1S/C16H26N2O2S/c1-3-15-13-18(16(4-2)12-17-15)21(19,20)11-10-14-8-6-5-7-9-14/h5-9,15-17H,3-4,10-13H2,1-2H3. The minimum atomic E-state index is -3.19. The summed E-state index contributed by atoms with van der Waals surface area (Å²) in [5.74, 6) is 0.198. The maximum absolute atomic E-state index is 12.7. The predicted molar refractivity (Wildman–Crippen MR) is 86.8 cm³/mol. The first-order chi connectivity index (χ1) is 10.1. The Balaban J connectivity index is 2.05. The average molecular weight is 310 g/mol. The normalized spacial score (nSPS) is 24.1. The summed E-state index contributed by atoms with van der Waals surface area (Å²) in [5.41, 5.74) is 1.08. The SMILES string of the molecule is CCC1CN(S(=O)(=O)CCc2ccccc2)C(CC)CN1. The van der Waals surface area contributed by atoms with E-state index in [1.807, 2.05) is 30.3 Å². The van der Waals surface area contributed by atoms with Gasteiger partial charge in [-0.15, -0.1) is 0 Å². The van der Waals surface area contributed by atoms with E-state index >= 15 is 0 Å². The molecule has 0 saturated carbocycles. The number of nitrogens with one attached hydrogen (secondary N) is 1. The highest BCUT2D eigenvalue weighted by Gasteiger charge is 2.34. The lowest BCUT2D eigenvalue weighted by molar-refractivity contribution is 0.215. The topological polar surface area (TPSA) is 49.4 Å². The highest BCUT2D eigenvalue weighted by molar-refractivity contribution is 7.89. The Morgan fingerprint density at radius 2 is 1.90 bits per heavy atom. The van der Waals surface area contributed by atoms with E-state index in [9.17, 15) is 8.42 Å². The predicted octanol–water partition coefficient (Wildman–Crippen LogP) is 2.02. The van der Waals surface area contributed by atoms with Crippen LogP contribution in [-0.4, -0.2) is 43.6 Å². The fraction of sp³-hybridized carbons (Fsp3) is 0.625. The summed E-state index contributed by atoms with van der Waals surface area (Å²) in [6, 6.07) is 10.2. The molecule has 5 heteroatoms. The van der Waals surface area contributed by atoms with Gasteiger partial charge in [0.15, 0.2) is 0 Å². The van der Waals surface area contributed by atoms with Crippen LogP contribution in [0.3, 0.4) is 0 Å². The molecule has 1 fully saturated rings. The van der Waals surface area contributed by atoms with Gasteiger partial charge in [-0.2, -0.15) is 4.31 Å². The fourth-order valence-electron chi connectivity index (χ4n) is 2.81. The zero-order chi connectivity index (χ0) is 15.3. The zero-order valence-electron chi connectivity index (χ0n) is 13.0. The molecular weight excluding hydrogens is 284 g/mol. The van der Waals surface area contributed by atoms with E-state index in [2.05, 4.69) is 19.2 Å². The highest BCUT2D eigenvalue weighted by Crippen LogP contribution is 2.18. The fourth-order valence-corrected chi connectivity index (χ4v) is 4.62. The molecule has 0 aromatic heterocycles. The Bertz CT molecular complexity index is 530. The molecule has 1 aromatic carbocycles. The van der Waals surface area contributed by atoms with Crippen LogP contribution in [0.15, 0.2) is 30.3 Å². The van der Waals surface area contributed by atoms with Crippen molar-refractivity contribution in [3.63, 3.8) is 0 Å². The first-order valence-corrected chi connectivity index (χ1v) is 9.44. The second-order valence-electron chi connectivity index (χ2n) is 5.70. The van der Waals surface area contributed by atoms with Crippen LogP contribution in [0.2, 0.25) is 0 Å². The van der Waals surface area contributed by atoms with Crippen molar-refractivity contribution in [3.8, 4) is 0 Å². The van der Waals surface area contributed by atoms with Gasteiger partial charge in [0.1, 0.15) is 0 Å². The first-order valence-electron chi connectivity index (χ1n) is 7.83. The molecule has 1 aliphatic rings. The molecule has 118 valence electrons. The van der Waals surface area contributed by atoms with Crippen molar-refractivity contribution < 1.29 is 8.42 Å². The first kappa shape index (κ1) is 16.5. The van der Waals surface area contributed by atoms with E-state index < -0.39 is 10.0 Å². The number of piperazine rings is 1. The summed E-state index contributed by atoms with van der Waals surface area (Å²) in [6.45, 7) is 5.52. The monoisotopic (exact) mass is 310 g/mol. The van der Waals surface area contributed by atoms with Crippen LogP contribution in [0.4, 0.5) is 0 Å². The van der Waals surface area contributed by atoms with E-state index in [1.54, 1.807) is 4.31 Å². The van der Waals surface area contributed by atoms with Crippen molar-refractivity contribution in [2.75, 3.05) is 18.8 Å². The lowest BCUT2D eigenvalue weighted by Crippen LogP contribution is -2.58. The molecule has 2 rings (SSSR count). The number of hydrogen-bond acceptors (Lipinski definition) is 3. The van der Waals surface area contributed by atoms with Crippen LogP contribution < -0.4 is 5.32 Å². The van der Waals surface area contributed by atoms with Crippen molar-refractivity contribution in [1.29, 1.82) is 0 Å². The van der Waals surface area contributed by atoms with Crippen molar-refractivity contribution in [2.24, 2.45) is 0 Å². The molecule has 0 aliphatic carbocycles. The molecule has 1 heterocycles. The van der Waals surface area contributed by atoms with Crippen molar-refractivity contribution in [3.05, 3.63) is 35.9 Å². The van der Waals surface area contributed by atoms with Gasteiger partial charge in [0, 0.05) is 25.2 Å². The average Bonchev–Trinajstić information content (AvgIpc) is 2.53. The summed E-state index contributed by atoms with van der Waals surface area (Å²) in [4.78, 5) is 0. The Hall–Kier alpha value is -0.910. The van der Waals surface area contributed by atoms with Crippen LogP contribution >= 0.6 is 0 Å². The smallest absolute Gasteiger partial charge is 0.214 e. The van der Waals surface area contributed by atoms with E-state index in [0.717, 1.165) is 24.9 Å². The molecule has 2 atom stereocenters. The Morgan fingerprint density at radius 3 is 2.52 bits per heavy atom. The van der Waals surface area contributed by atoms with Crippen LogP contribution in [0.1, 0.15) is 32.3 Å². The van der Waals surface area contributed by atoms with Gasteiger partial charge in [0.2, 0.25) is 10.0 Å². The summed E-state index contributed by atoms with van der Waals surface area (Å²) in [7, 11) is -3.19. The molecule has 4 nitrogen and oxygen atoms in total. The lowest BCUT2D eigenvalue weighted by atomic mass is 10.1. The number of sulfonamides is 1. The van der Waals surface area contributed by atoms with Gasteiger partial charge >= 0.3 is 0 Å². The van der Waals surface area contributed by atoms with Crippen molar-refractivity contribution >= 4 is 10.0 Å². The summed E-state index contributed by atoms with van der Waals surface area (Å²) in [5, 5.41) is 3.44. The Morgan fingerprint density at radius 1 is 1.19 bits per heavy atom. The number of rotatable bonds is 6. The van der Waals surface area contributed by atoms with Gasteiger partial charge in [-0.05, 0) is 24.8 Å². The van der Waals surface area contributed by atoms with E-state index in [1.165, 1.54) is 0 Å². The van der Waals surface area contributed by atoms with Crippen LogP contribution in [-0.2, 0) is 16.4 Å². The third-order valence-corrected chi connectivity index (χ3v) is 6.14.